The fourth-order valence-corrected chi connectivity index (χ4v) is 2.94. The Labute approximate surface area is 126 Å². The van der Waals surface area contributed by atoms with E-state index in [9.17, 15) is 18.0 Å². The zero-order valence-corrected chi connectivity index (χ0v) is 11.8. The second-order valence-corrected chi connectivity index (χ2v) is 5.55. The fourth-order valence-electron chi connectivity index (χ4n) is 2.94. The van der Waals surface area contributed by atoms with E-state index in [1.54, 1.807) is 0 Å². The first-order valence-electron chi connectivity index (χ1n) is 7.22. The number of hydrazone groups is 1. The van der Waals surface area contributed by atoms with Crippen molar-refractivity contribution in [3.8, 4) is 0 Å². The van der Waals surface area contributed by atoms with Gasteiger partial charge in [0.15, 0.2) is 0 Å². The van der Waals surface area contributed by atoms with Crippen LogP contribution in [0.3, 0.4) is 0 Å². The largest absolute Gasteiger partial charge is 0.314 e. The molecule has 0 spiro atoms. The molecular formula is C15H16F3N3O. The lowest BCUT2D eigenvalue weighted by atomic mass is 9.94. The molecule has 7 heteroatoms. The molecule has 1 N–H and O–H groups in total. The average molecular weight is 311 g/mol. The van der Waals surface area contributed by atoms with E-state index in [2.05, 4.69) is 10.4 Å². The van der Waals surface area contributed by atoms with Crippen LogP contribution in [-0.2, 0) is 4.79 Å². The fraction of sp³-hybridized carbons (Fsp3) is 0.467. The maximum absolute atomic E-state index is 13.9. The highest BCUT2D eigenvalue weighted by Gasteiger charge is 2.38. The Morgan fingerprint density at radius 2 is 2.00 bits per heavy atom. The minimum atomic E-state index is -1.28. The van der Waals surface area contributed by atoms with Crippen LogP contribution in [0.4, 0.5) is 13.2 Å². The molecule has 0 saturated carbocycles. The van der Waals surface area contributed by atoms with Crippen LogP contribution < -0.4 is 5.32 Å². The van der Waals surface area contributed by atoms with E-state index in [0.29, 0.717) is 24.9 Å². The number of carbonyl (C=O) groups is 1. The van der Waals surface area contributed by atoms with Crippen LogP contribution in [-0.4, -0.2) is 36.4 Å². The zero-order valence-electron chi connectivity index (χ0n) is 11.8. The van der Waals surface area contributed by atoms with Crippen molar-refractivity contribution in [2.24, 2.45) is 11.0 Å². The van der Waals surface area contributed by atoms with E-state index >= 15 is 0 Å². The average Bonchev–Trinajstić information content (AvgIpc) is 2.95. The molecule has 4 nitrogen and oxygen atoms in total. The summed E-state index contributed by atoms with van der Waals surface area (Å²) < 4.78 is 40.7. The molecule has 3 rings (SSSR count). The third kappa shape index (κ3) is 2.85. The Morgan fingerprint density at radius 1 is 1.27 bits per heavy atom. The number of carbonyl (C=O) groups excluding carboxylic acids is 1. The number of rotatable bonds is 2. The van der Waals surface area contributed by atoms with E-state index in [4.69, 9.17) is 0 Å². The number of halogens is 3. The summed E-state index contributed by atoms with van der Waals surface area (Å²) >= 11 is 0. The number of nitrogens with zero attached hydrogens (tertiary/aromatic N) is 2. The molecule has 2 heterocycles. The molecule has 118 valence electrons. The van der Waals surface area contributed by atoms with Crippen molar-refractivity contribution in [2.75, 3.05) is 13.1 Å². The minimum Gasteiger partial charge on any atom is -0.314 e. The summed E-state index contributed by atoms with van der Waals surface area (Å²) in [6.07, 6.45) is 0.980. The number of hydrogen-bond acceptors (Lipinski definition) is 3. The van der Waals surface area contributed by atoms with Crippen molar-refractivity contribution < 1.29 is 18.0 Å². The second-order valence-electron chi connectivity index (χ2n) is 5.55. The quantitative estimate of drug-likeness (QED) is 0.910. The van der Waals surface area contributed by atoms with Crippen LogP contribution >= 0.6 is 0 Å². The summed E-state index contributed by atoms with van der Waals surface area (Å²) in [6.45, 7) is 0.695. The van der Waals surface area contributed by atoms with Gasteiger partial charge in [-0.3, -0.25) is 4.79 Å². The predicted molar refractivity (Wildman–Crippen MR) is 74.9 cm³/mol. The third-order valence-electron chi connectivity index (χ3n) is 4.05. The van der Waals surface area contributed by atoms with E-state index in [1.165, 1.54) is 18.3 Å². The number of piperidine rings is 1. The van der Waals surface area contributed by atoms with Crippen molar-refractivity contribution in [3.63, 3.8) is 0 Å². The Hall–Kier alpha value is -1.89. The van der Waals surface area contributed by atoms with Gasteiger partial charge < -0.3 is 5.32 Å². The zero-order chi connectivity index (χ0) is 15.7. The van der Waals surface area contributed by atoms with Gasteiger partial charge in [0.2, 0.25) is 5.91 Å². The maximum atomic E-state index is 13.9. The van der Waals surface area contributed by atoms with E-state index in [0.717, 1.165) is 11.1 Å². The summed E-state index contributed by atoms with van der Waals surface area (Å²) in [6, 6.07) is 2.55. The number of alkyl halides is 1. The van der Waals surface area contributed by atoms with Crippen LogP contribution in [0.25, 0.3) is 0 Å². The van der Waals surface area contributed by atoms with Gasteiger partial charge in [-0.05, 0) is 30.7 Å². The summed E-state index contributed by atoms with van der Waals surface area (Å²) in [5.41, 5.74) is 0.327. The Balaban J connectivity index is 1.83. The number of amides is 1. The van der Waals surface area contributed by atoms with Crippen molar-refractivity contribution in [3.05, 3.63) is 35.4 Å². The molecule has 0 aromatic heterocycles. The van der Waals surface area contributed by atoms with E-state index < -0.39 is 35.7 Å². The van der Waals surface area contributed by atoms with E-state index in [-0.39, 0.29) is 6.54 Å². The van der Waals surface area contributed by atoms with Crippen molar-refractivity contribution >= 4 is 12.1 Å². The lowest BCUT2D eigenvalue weighted by Gasteiger charge is -2.30. The van der Waals surface area contributed by atoms with Gasteiger partial charge in [0.1, 0.15) is 17.8 Å². The Morgan fingerprint density at radius 3 is 2.68 bits per heavy atom. The molecule has 1 fully saturated rings. The van der Waals surface area contributed by atoms with Crippen LogP contribution in [0.1, 0.15) is 24.4 Å². The van der Waals surface area contributed by atoms with Crippen LogP contribution in [0, 0.1) is 17.6 Å². The number of benzene rings is 1. The molecule has 1 aromatic rings. The van der Waals surface area contributed by atoms with Crippen LogP contribution in [0.5, 0.6) is 0 Å². The van der Waals surface area contributed by atoms with Crippen molar-refractivity contribution in [1.29, 1.82) is 0 Å². The predicted octanol–water partition coefficient (Wildman–Crippen LogP) is 2.17. The lowest BCUT2D eigenvalue weighted by Crippen LogP contribution is -2.46. The molecule has 0 unspecified atom stereocenters. The van der Waals surface area contributed by atoms with Gasteiger partial charge in [-0.25, -0.2) is 18.2 Å². The smallest absolute Gasteiger partial charge is 0.249 e. The van der Waals surface area contributed by atoms with Gasteiger partial charge in [-0.1, -0.05) is 0 Å². The molecule has 1 aromatic carbocycles. The summed E-state index contributed by atoms with van der Waals surface area (Å²) in [5.74, 6) is -2.62. The third-order valence-corrected chi connectivity index (χ3v) is 4.05. The highest BCUT2D eigenvalue weighted by Crippen LogP contribution is 2.32. The monoisotopic (exact) mass is 311 g/mol. The number of hydrogen-bond donors (Lipinski definition) is 1. The molecule has 0 radical (unpaired) electrons. The standard InChI is InChI=1S/C15H16F3N3O/c16-10-5-9(6-11(17)7-10)14-2-4-20-21(14)15(22)12-1-3-19-8-13(12)18/h4-7,12-14,19H,1-3,8H2/t12-,13+,14-/m0/s1. The summed E-state index contributed by atoms with van der Waals surface area (Å²) in [4.78, 5) is 12.5. The maximum Gasteiger partial charge on any atom is 0.249 e. The lowest BCUT2D eigenvalue weighted by molar-refractivity contribution is -0.140. The van der Waals surface area contributed by atoms with Gasteiger partial charge >= 0.3 is 0 Å². The molecule has 1 saturated heterocycles. The first-order chi connectivity index (χ1) is 10.6. The minimum absolute atomic E-state index is 0.132. The summed E-state index contributed by atoms with van der Waals surface area (Å²) in [5, 5.41) is 8.04. The van der Waals surface area contributed by atoms with Gasteiger partial charge in [0, 0.05) is 25.2 Å². The normalized spacial score (nSPS) is 28.1. The van der Waals surface area contributed by atoms with Gasteiger partial charge in [0.05, 0.1) is 12.0 Å². The molecule has 2 aliphatic rings. The highest BCUT2D eigenvalue weighted by molar-refractivity contribution is 5.82. The molecule has 2 aliphatic heterocycles. The molecule has 22 heavy (non-hydrogen) atoms. The highest BCUT2D eigenvalue weighted by atomic mass is 19.1. The Kier molecular flexibility index (Phi) is 4.15. The first kappa shape index (κ1) is 15.0. The Bertz CT molecular complexity index is 587. The molecular weight excluding hydrogens is 295 g/mol. The van der Waals surface area contributed by atoms with Crippen LogP contribution in [0.2, 0.25) is 0 Å². The van der Waals surface area contributed by atoms with Crippen molar-refractivity contribution in [1.82, 2.24) is 10.3 Å². The SMILES string of the molecule is O=C([C@H]1CCNC[C@H]1F)N1N=CC[C@H]1c1cc(F)cc(F)c1. The van der Waals surface area contributed by atoms with Crippen LogP contribution in [0.15, 0.2) is 23.3 Å². The second kappa shape index (κ2) is 6.08. The van der Waals surface area contributed by atoms with Gasteiger partial charge in [0.25, 0.3) is 0 Å². The first-order valence-corrected chi connectivity index (χ1v) is 7.22. The van der Waals surface area contributed by atoms with Gasteiger partial charge in [-0.15, -0.1) is 0 Å². The summed E-state index contributed by atoms with van der Waals surface area (Å²) in [7, 11) is 0. The molecule has 0 bridgehead atoms. The molecule has 3 atom stereocenters. The number of nitrogens with one attached hydrogen (secondary N) is 1. The topological polar surface area (TPSA) is 44.7 Å². The van der Waals surface area contributed by atoms with Crippen molar-refractivity contribution in [2.45, 2.75) is 25.1 Å². The molecule has 1 amide bonds. The molecule has 0 aliphatic carbocycles. The van der Waals surface area contributed by atoms with E-state index in [1.807, 2.05) is 0 Å². The van der Waals surface area contributed by atoms with Gasteiger partial charge in [-0.2, -0.15) is 5.10 Å².